The normalized spacial score (nSPS) is 15.5. The minimum absolute atomic E-state index is 0.409. The van der Waals surface area contributed by atoms with E-state index in [0.717, 1.165) is 47.1 Å². The van der Waals surface area contributed by atoms with Crippen LogP contribution in [0.1, 0.15) is 42.9 Å². The molecule has 1 aliphatic heterocycles. The Morgan fingerprint density at radius 1 is 0.974 bits per heavy atom. The zero-order valence-corrected chi connectivity index (χ0v) is 22.3. The predicted molar refractivity (Wildman–Crippen MR) is 152 cm³/mol. The summed E-state index contributed by atoms with van der Waals surface area (Å²) in [5.74, 6) is 1.89. The van der Waals surface area contributed by atoms with Crippen molar-refractivity contribution < 1.29 is 13.2 Å². The van der Waals surface area contributed by atoms with Gasteiger partial charge in [-0.25, -0.2) is 9.67 Å². The number of halogens is 3. The molecule has 2 heterocycles. The molecule has 0 N–H and O–H groups in total. The Hall–Kier alpha value is -3.92. The van der Waals surface area contributed by atoms with Crippen molar-refractivity contribution in [2.75, 3.05) is 17.2 Å². The number of benzene rings is 3. The van der Waals surface area contributed by atoms with Crippen LogP contribution in [0.25, 0.3) is 17.1 Å². The van der Waals surface area contributed by atoms with Gasteiger partial charge in [0.1, 0.15) is 6.33 Å². The molecule has 0 radical (unpaired) electrons. The highest BCUT2D eigenvalue weighted by Gasteiger charge is 2.30. The molecule has 1 aliphatic rings. The predicted octanol–water partition coefficient (Wildman–Crippen LogP) is 7.41. The lowest BCUT2D eigenvalue weighted by Gasteiger charge is -2.31. The zero-order chi connectivity index (χ0) is 27.4. The van der Waals surface area contributed by atoms with Gasteiger partial charge in [0.05, 0.1) is 17.5 Å². The van der Waals surface area contributed by atoms with Crippen LogP contribution in [0.4, 0.5) is 18.9 Å². The number of amidine groups is 1. The Bertz CT molecular complexity index is 1470. The maximum absolute atomic E-state index is 12.8. The third kappa shape index (κ3) is 6.22. The van der Waals surface area contributed by atoms with Crippen LogP contribution in [0.2, 0.25) is 0 Å². The van der Waals surface area contributed by atoms with Crippen molar-refractivity contribution in [3.8, 4) is 17.1 Å². The molecule has 0 spiro atoms. The highest BCUT2D eigenvalue weighted by Crippen LogP contribution is 2.32. The number of anilines is 1. The Labute approximate surface area is 229 Å². The van der Waals surface area contributed by atoms with Crippen LogP contribution >= 0.6 is 11.8 Å². The van der Waals surface area contributed by atoms with Gasteiger partial charge in [-0.15, -0.1) is 10.2 Å². The number of alkyl halides is 3. The Balaban J connectivity index is 1.29. The number of nitrogens with zero attached hydrogens (tertiary/aromatic N) is 6. The summed E-state index contributed by atoms with van der Waals surface area (Å²) < 4.78 is 39.9. The molecule has 0 amide bonds. The second kappa shape index (κ2) is 11.4. The van der Waals surface area contributed by atoms with E-state index < -0.39 is 11.7 Å². The molecule has 39 heavy (non-hydrogen) atoms. The molecule has 0 bridgehead atoms. The summed E-state index contributed by atoms with van der Waals surface area (Å²) in [4.78, 5) is 6.56. The minimum atomic E-state index is -4.38. The van der Waals surface area contributed by atoms with E-state index in [1.807, 2.05) is 24.3 Å². The maximum atomic E-state index is 12.8. The van der Waals surface area contributed by atoms with Gasteiger partial charge >= 0.3 is 6.18 Å². The first-order valence-electron chi connectivity index (χ1n) is 12.6. The van der Waals surface area contributed by atoms with E-state index in [1.54, 1.807) is 18.0 Å². The molecule has 10 heteroatoms. The third-order valence-corrected chi connectivity index (χ3v) is 7.36. The summed E-state index contributed by atoms with van der Waals surface area (Å²) in [6.07, 6.45) is -0.0953. The van der Waals surface area contributed by atoms with E-state index in [2.05, 4.69) is 63.3 Å². The van der Waals surface area contributed by atoms with Crippen molar-refractivity contribution in [1.82, 2.24) is 14.8 Å². The lowest BCUT2D eigenvalue weighted by atomic mass is 10.0. The summed E-state index contributed by atoms with van der Waals surface area (Å²) in [5.41, 5.74) is 3.92. The van der Waals surface area contributed by atoms with Gasteiger partial charge in [0.25, 0.3) is 0 Å². The second-order valence-corrected chi connectivity index (χ2v) is 10.4. The molecule has 3 aromatic carbocycles. The topological polar surface area (TPSA) is 58.7 Å². The van der Waals surface area contributed by atoms with Gasteiger partial charge in [-0.2, -0.15) is 18.3 Å². The highest BCUT2D eigenvalue weighted by atomic mass is 32.2. The summed E-state index contributed by atoms with van der Waals surface area (Å²) in [6.45, 7) is 5.30. The van der Waals surface area contributed by atoms with E-state index >= 15 is 0 Å². The Morgan fingerprint density at radius 3 is 2.44 bits per heavy atom. The average molecular weight is 549 g/mol. The SMILES string of the molecule is CC(C)c1ccccc1N1CCCS/C1=N\N=C\c1ccc(-c2ncn(-c3ccc(C(F)(F)F)cc3)n2)cc1. The number of aromatic nitrogens is 3. The van der Waals surface area contributed by atoms with Crippen molar-refractivity contribution >= 4 is 28.8 Å². The number of hydrogen-bond donors (Lipinski definition) is 0. The van der Waals surface area contributed by atoms with E-state index in [0.29, 0.717) is 17.4 Å². The van der Waals surface area contributed by atoms with Crippen molar-refractivity contribution in [3.63, 3.8) is 0 Å². The van der Waals surface area contributed by atoms with Crippen LogP contribution in [0, 0.1) is 0 Å². The van der Waals surface area contributed by atoms with Crippen molar-refractivity contribution in [3.05, 3.63) is 95.8 Å². The molecule has 0 atom stereocenters. The van der Waals surface area contributed by atoms with E-state index in [-0.39, 0.29) is 0 Å². The lowest BCUT2D eigenvalue weighted by molar-refractivity contribution is -0.137. The van der Waals surface area contributed by atoms with E-state index in [9.17, 15) is 13.2 Å². The first kappa shape index (κ1) is 26.7. The monoisotopic (exact) mass is 548 g/mol. The van der Waals surface area contributed by atoms with Gasteiger partial charge in [-0.1, -0.05) is 68.1 Å². The standard InChI is InChI=1S/C29H27F3N6S/c1-20(2)25-6-3-4-7-26(25)37-16-5-17-39-28(37)35-34-18-21-8-10-22(11-9-21)27-33-19-38(36-27)24-14-12-23(13-15-24)29(30,31)32/h3-4,6-15,18-20H,5,16-17H2,1-2H3/b34-18+,35-28-. The molecule has 6 nitrogen and oxygen atoms in total. The van der Waals surface area contributed by atoms with Crippen molar-refractivity contribution in [2.24, 2.45) is 10.2 Å². The third-order valence-electron chi connectivity index (χ3n) is 6.31. The average Bonchev–Trinajstić information content (AvgIpc) is 3.44. The largest absolute Gasteiger partial charge is 0.416 e. The van der Waals surface area contributed by atoms with E-state index in [4.69, 9.17) is 0 Å². The fourth-order valence-corrected chi connectivity index (χ4v) is 5.18. The number of hydrogen-bond acceptors (Lipinski definition) is 5. The number of rotatable bonds is 6. The van der Waals surface area contributed by atoms with Crippen LogP contribution < -0.4 is 4.90 Å². The lowest BCUT2D eigenvalue weighted by Crippen LogP contribution is -2.34. The molecule has 1 aromatic heterocycles. The first-order valence-corrected chi connectivity index (χ1v) is 13.6. The molecule has 0 saturated carbocycles. The molecular weight excluding hydrogens is 521 g/mol. The van der Waals surface area contributed by atoms with Crippen LogP contribution in [-0.4, -0.2) is 38.4 Å². The fraction of sp³-hybridized carbons (Fsp3) is 0.241. The highest BCUT2D eigenvalue weighted by molar-refractivity contribution is 8.14. The first-order chi connectivity index (χ1) is 18.8. The van der Waals surface area contributed by atoms with Gasteiger partial charge in [-0.05, 0) is 53.8 Å². The van der Waals surface area contributed by atoms with Crippen LogP contribution in [0.5, 0.6) is 0 Å². The molecule has 1 saturated heterocycles. The van der Waals surface area contributed by atoms with Gasteiger partial charge in [-0.3, -0.25) is 0 Å². The van der Waals surface area contributed by atoms with Crippen LogP contribution in [0.3, 0.4) is 0 Å². The van der Waals surface area contributed by atoms with Crippen LogP contribution in [0.15, 0.2) is 89.3 Å². The molecule has 0 unspecified atom stereocenters. The Kier molecular flexibility index (Phi) is 7.83. The quantitative estimate of drug-likeness (QED) is 0.186. The molecular formula is C29H27F3N6S. The van der Waals surface area contributed by atoms with Gasteiger partial charge in [0, 0.05) is 23.5 Å². The molecule has 5 rings (SSSR count). The summed E-state index contributed by atoms with van der Waals surface area (Å²) >= 11 is 1.71. The molecule has 0 aliphatic carbocycles. The number of thioether (sulfide) groups is 1. The summed E-state index contributed by atoms with van der Waals surface area (Å²) in [5, 5.41) is 14.2. The van der Waals surface area contributed by atoms with E-state index in [1.165, 1.54) is 34.4 Å². The van der Waals surface area contributed by atoms with Crippen LogP contribution in [-0.2, 0) is 6.18 Å². The molecule has 200 valence electrons. The minimum Gasteiger partial charge on any atom is -0.319 e. The summed E-state index contributed by atoms with van der Waals surface area (Å²) in [7, 11) is 0. The number of para-hydroxylation sites is 1. The van der Waals surface area contributed by atoms with Gasteiger partial charge in [0.15, 0.2) is 11.0 Å². The molecule has 1 fully saturated rings. The van der Waals surface area contributed by atoms with Gasteiger partial charge in [0.2, 0.25) is 0 Å². The molecule has 4 aromatic rings. The van der Waals surface area contributed by atoms with Gasteiger partial charge < -0.3 is 4.90 Å². The summed E-state index contributed by atoms with van der Waals surface area (Å²) in [6, 6.07) is 20.8. The zero-order valence-electron chi connectivity index (χ0n) is 21.5. The Morgan fingerprint density at radius 2 is 1.72 bits per heavy atom. The van der Waals surface area contributed by atoms with Crippen molar-refractivity contribution in [2.45, 2.75) is 32.4 Å². The van der Waals surface area contributed by atoms with Crippen molar-refractivity contribution in [1.29, 1.82) is 0 Å². The second-order valence-electron chi connectivity index (χ2n) is 9.37. The smallest absolute Gasteiger partial charge is 0.319 e. The fourth-order valence-electron chi connectivity index (χ4n) is 4.27. The maximum Gasteiger partial charge on any atom is 0.416 e.